The minimum absolute atomic E-state index is 0.0133. The minimum Gasteiger partial charge on any atom is -0.497 e. The molecular formula is C20H20N2O5. The van der Waals surface area contributed by atoms with E-state index in [1.54, 1.807) is 61.7 Å². The molecule has 3 N–H and O–H groups in total. The molecule has 27 heavy (non-hydrogen) atoms. The molecule has 0 aliphatic rings. The van der Waals surface area contributed by atoms with E-state index >= 15 is 0 Å². The van der Waals surface area contributed by atoms with Gasteiger partial charge in [-0.3, -0.25) is 14.4 Å². The second kappa shape index (κ2) is 9.76. The van der Waals surface area contributed by atoms with E-state index in [-0.39, 0.29) is 18.7 Å². The Kier molecular flexibility index (Phi) is 7.13. The van der Waals surface area contributed by atoms with Crippen LogP contribution in [0, 0.1) is 0 Å². The Balaban J connectivity index is 2.21. The van der Waals surface area contributed by atoms with Gasteiger partial charge in [0.25, 0.3) is 11.8 Å². The van der Waals surface area contributed by atoms with E-state index in [0.717, 1.165) is 0 Å². The Bertz CT molecular complexity index is 829. The number of carboxylic acid groups (broad SMARTS) is 1. The highest BCUT2D eigenvalue weighted by Crippen LogP contribution is 2.14. The maximum absolute atomic E-state index is 12.4. The highest BCUT2D eigenvalue weighted by atomic mass is 16.5. The van der Waals surface area contributed by atoms with Gasteiger partial charge in [0, 0.05) is 12.1 Å². The summed E-state index contributed by atoms with van der Waals surface area (Å²) in [5.74, 6) is -1.38. The third-order valence-corrected chi connectivity index (χ3v) is 3.58. The summed E-state index contributed by atoms with van der Waals surface area (Å²) in [5, 5.41) is 13.8. The van der Waals surface area contributed by atoms with Crippen LogP contribution in [0.4, 0.5) is 0 Å². The van der Waals surface area contributed by atoms with Gasteiger partial charge < -0.3 is 20.5 Å². The van der Waals surface area contributed by atoms with Gasteiger partial charge in [0.05, 0.1) is 13.5 Å². The van der Waals surface area contributed by atoms with Crippen molar-refractivity contribution in [2.24, 2.45) is 0 Å². The summed E-state index contributed by atoms with van der Waals surface area (Å²) in [7, 11) is 1.55. The fourth-order valence-electron chi connectivity index (χ4n) is 2.19. The molecule has 0 saturated carbocycles. The van der Waals surface area contributed by atoms with Gasteiger partial charge in [-0.1, -0.05) is 30.3 Å². The molecule has 0 unspecified atom stereocenters. The maximum atomic E-state index is 12.4. The molecule has 0 spiro atoms. The molecule has 2 aromatic rings. The molecule has 0 fully saturated rings. The Morgan fingerprint density at radius 1 is 1.04 bits per heavy atom. The molecule has 2 rings (SSSR count). The first-order valence-corrected chi connectivity index (χ1v) is 8.21. The lowest BCUT2D eigenvalue weighted by molar-refractivity contribution is -0.136. The van der Waals surface area contributed by atoms with Gasteiger partial charge in [-0.15, -0.1) is 0 Å². The Morgan fingerprint density at radius 2 is 1.70 bits per heavy atom. The van der Waals surface area contributed by atoms with Crippen molar-refractivity contribution in [3.63, 3.8) is 0 Å². The number of carboxylic acids is 1. The van der Waals surface area contributed by atoms with Crippen molar-refractivity contribution in [2.75, 3.05) is 13.7 Å². The lowest BCUT2D eigenvalue weighted by Crippen LogP contribution is -2.35. The van der Waals surface area contributed by atoms with Crippen molar-refractivity contribution >= 4 is 23.9 Å². The van der Waals surface area contributed by atoms with Crippen LogP contribution >= 0.6 is 0 Å². The van der Waals surface area contributed by atoms with Crippen LogP contribution in [0.15, 0.2) is 60.3 Å². The largest absolute Gasteiger partial charge is 0.497 e. The van der Waals surface area contributed by atoms with E-state index in [9.17, 15) is 14.4 Å². The molecule has 2 amide bonds. The number of rotatable bonds is 8. The molecule has 0 heterocycles. The summed E-state index contributed by atoms with van der Waals surface area (Å²) in [4.78, 5) is 35.4. The van der Waals surface area contributed by atoms with Crippen molar-refractivity contribution in [3.8, 4) is 5.75 Å². The first-order valence-electron chi connectivity index (χ1n) is 8.21. The predicted molar refractivity (Wildman–Crippen MR) is 100 cm³/mol. The first kappa shape index (κ1) is 19.7. The molecule has 2 aromatic carbocycles. The van der Waals surface area contributed by atoms with Gasteiger partial charge >= 0.3 is 5.97 Å². The summed E-state index contributed by atoms with van der Waals surface area (Å²) >= 11 is 0. The number of amides is 2. The van der Waals surface area contributed by atoms with Crippen LogP contribution in [0.5, 0.6) is 5.75 Å². The zero-order valence-corrected chi connectivity index (χ0v) is 14.8. The van der Waals surface area contributed by atoms with Gasteiger partial charge in [-0.2, -0.15) is 0 Å². The van der Waals surface area contributed by atoms with Crippen LogP contribution in [0.1, 0.15) is 22.3 Å². The number of hydrogen-bond acceptors (Lipinski definition) is 4. The quantitative estimate of drug-likeness (QED) is 0.619. The molecular weight excluding hydrogens is 348 g/mol. The van der Waals surface area contributed by atoms with Crippen LogP contribution < -0.4 is 15.4 Å². The lowest BCUT2D eigenvalue weighted by atomic mass is 10.1. The number of methoxy groups -OCH3 is 1. The van der Waals surface area contributed by atoms with Crippen molar-refractivity contribution in [2.45, 2.75) is 6.42 Å². The Labute approximate surface area is 156 Å². The van der Waals surface area contributed by atoms with Crippen LogP contribution in [-0.4, -0.2) is 36.5 Å². The Hall–Kier alpha value is -3.61. The van der Waals surface area contributed by atoms with Gasteiger partial charge in [-0.25, -0.2) is 0 Å². The van der Waals surface area contributed by atoms with Crippen molar-refractivity contribution in [1.29, 1.82) is 0 Å². The second-order valence-electron chi connectivity index (χ2n) is 5.55. The highest BCUT2D eigenvalue weighted by Gasteiger charge is 2.14. The van der Waals surface area contributed by atoms with Crippen molar-refractivity contribution in [3.05, 3.63) is 71.4 Å². The van der Waals surface area contributed by atoms with E-state index < -0.39 is 17.8 Å². The average molecular weight is 368 g/mol. The monoisotopic (exact) mass is 368 g/mol. The van der Waals surface area contributed by atoms with Crippen LogP contribution in [0.25, 0.3) is 6.08 Å². The number of aliphatic carboxylic acids is 1. The molecule has 0 aliphatic heterocycles. The SMILES string of the molecule is COc1ccc(C=C(NC(=O)c2ccccc2)C(=O)NCCC(=O)O)cc1. The number of carbonyl (C=O) groups excluding carboxylic acids is 2. The third kappa shape index (κ3) is 6.32. The summed E-state index contributed by atoms with van der Waals surface area (Å²) in [6.45, 7) is -0.0463. The zero-order valence-electron chi connectivity index (χ0n) is 14.8. The average Bonchev–Trinajstić information content (AvgIpc) is 2.68. The van der Waals surface area contributed by atoms with E-state index in [4.69, 9.17) is 9.84 Å². The first-order chi connectivity index (χ1) is 13.0. The number of carbonyl (C=O) groups is 3. The van der Waals surface area contributed by atoms with Crippen LogP contribution in [0.2, 0.25) is 0 Å². The smallest absolute Gasteiger partial charge is 0.305 e. The molecule has 0 saturated heterocycles. The predicted octanol–water partition coefficient (Wildman–Crippen LogP) is 2.06. The van der Waals surface area contributed by atoms with Gasteiger partial charge in [0.15, 0.2) is 0 Å². The maximum Gasteiger partial charge on any atom is 0.305 e. The second-order valence-corrected chi connectivity index (χ2v) is 5.55. The molecule has 7 heteroatoms. The molecule has 0 aliphatic carbocycles. The number of hydrogen-bond donors (Lipinski definition) is 3. The van der Waals surface area contributed by atoms with Crippen LogP contribution in [-0.2, 0) is 9.59 Å². The molecule has 7 nitrogen and oxygen atoms in total. The summed E-state index contributed by atoms with van der Waals surface area (Å²) in [5.41, 5.74) is 1.09. The molecule has 0 atom stereocenters. The molecule has 0 aromatic heterocycles. The van der Waals surface area contributed by atoms with E-state index in [0.29, 0.717) is 16.9 Å². The zero-order chi connectivity index (χ0) is 19.6. The number of nitrogens with one attached hydrogen (secondary N) is 2. The summed E-state index contributed by atoms with van der Waals surface area (Å²) < 4.78 is 5.09. The third-order valence-electron chi connectivity index (χ3n) is 3.58. The lowest BCUT2D eigenvalue weighted by Gasteiger charge is -2.11. The van der Waals surface area contributed by atoms with E-state index in [1.165, 1.54) is 6.08 Å². The fourth-order valence-corrected chi connectivity index (χ4v) is 2.19. The Morgan fingerprint density at radius 3 is 2.30 bits per heavy atom. The van der Waals surface area contributed by atoms with Crippen LogP contribution in [0.3, 0.4) is 0 Å². The van der Waals surface area contributed by atoms with Gasteiger partial charge in [0.2, 0.25) is 0 Å². The van der Waals surface area contributed by atoms with Crippen molar-refractivity contribution in [1.82, 2.24) is 10.6 Å². The molecule has 0 bridgehead atoms. The standard InChI is InChI=1S/C20H20N2O5/c1-27-16-9-7-14(8-10-16)13-17(20(26)21-12-11-18(23)24)22-19(25)15-5-3-2-4-6-15/h2-10,13H,11-12H2,1H3,(H,21,26)(H,22,25)(H,23,24). The van der Waals surface area contributed by atoms with Gasteiger partial charge in [0.1, 0.15) is 11.4 Å². The fraction of sp³-hybridized carbons (Fsp3) is 0.150. The van der Waals surface area contributed by atoms with E-state index in [2.05, 4.69) is 10.6 Å². The minimum atomic E-state index is -1.02. The molecule has 0 radical (unpaired) electrons. The van der Waals surface area contributed by atoms with Crippen molar-refractivity contribution < 1.29 is 24.2 Å². The van der Waals surface area contributed by atoms with E-state index in [1.807, 2.05) is 0 Å². The summed E-state index contributed by atoms with van der Waals surface area (Å²) in [6.07, 6.45) is 1.30. The normalized spacial score (nSPS) is 10.8. The number of benzene rings is 2. The number of ether oxygens (including phenoxy) is 1. The topological polar surface area (TPSA) is 105 Å². The summed E-state index contributed by atoms with van der Waals surface area (Å²) in [6, 6.07) is 15.4. The highest BCUT2D eigenvalue weighted by molar-refractivity contribution is 6.05. The molecule has 140 valence electrons. The van der Waals surface area contributed by atoms with Gasteiger partial charge in [-0.05, 0) is 35.9 Å².